The molecule has 2 aromatic rings. The molecule has 0 saturated carbocycles. The van der Waals surface area contributed by atoms with Crippen molar-refractivity contribution in [3.05, 3.63) is 64.6 Å². The van der Waals surface area contributed by atoms with Gasteiger partial charge >= 0.3 is 5.69 Å². The summed E-state index contributed by atoms with van der Waals surface area (Å²) in [5.41, 5.74) is 0.0961. The minimum atomic E-state index is -0.604. The lowest BCUT2D eigenvalue weighted by atomic mass is 10.1. The summed E-state index contributed by atoms with van der Waals surface area (Å²) in [6.45, 7) is 3.21. The van der Waals surface area contributed by atoms with E-state index in [4.69, 9.17) is 0 Å². The first-order valence-corrected chi connectivity index (χ1v) is 6.69. The largest absolute Gasteiger partial charge is 0.328 e. The molecule has 1 N–H and O–H groups in total. The monoisotopic (exact) mass is 354 g/mol. The van der Waals surface area contributed by atoms with Gasteiger partial charge in [-0.3, -0.25) is 29.4 Å². The van der Waals surface area contributed by atoms with Crippen LogP contribution in [0.15, 0.2) is 26.5 Å². The number of nitrogens with zero attached hydrogens (tertiary/aromatic N) is 3. The molecule has 2 rings (SSSR count). The number of halogens is 1. The summed E-state index contributed by atoms with van der Waals surface area (Å²) in [6, 6.07) is 0. The fourth-order valence-electron chi connectivity index (χ4n) is 1.97. The lowest BCUT2D eigenvalue weighted by Crippen LogP contribution is -2.30. The van der Waals surface area contributed by atoms with Gasteiger partial charge in [0.25, 0.3) is 11.2 Å². The molecule has 0 aromatic carbocycles. The van der Waals surface area contributed by atoms with Crippen molar-refractivity contribution in [2.24, 2.45) is 0 Å². The van der Waals surface area contributed by atoms with Crippen LogP contribution in [0, 0.1) is 24.0 Å². The van der Waals surface area contributed by atoms with Crippen LogP contribution in [0.4, 0.5) is 5.69 Å². The minimum Gasteiger partial charge on any atom is -0.293 e. The molecule has 8 nitrogen and oxygen atoms in total. The molecule has 0 radical (unpaired) electrons. The highest BCUT2D eigenvalue weighted by molar-refractivity contribution is 9.10. The van der Waals surface area contributed by atoms with E-state index in [1.165, 1.54) is 17.0 Å². The number of aromatic nitrogens is 3. The lowest BCUT2D eigenvalue weighted by Gasteiger charge is -2.09. The number of pyridine rings is 1. The molecule has 110 valence electrons. The van der Waals surface area contributed by atoms with Crippen molar-refractivity contribution in [3.63, 3.8) is 0 Å². The molecule has 0 fully saturated rings. The van der Waals surface area contributed by atoms with Gasteiger partial charge in [0.2, 0.25) is 0 Å². The highest BCUT2D eigenvalue weighted by Gasteiger charge is 2.19. The molecule has 0 spiro atoms. The fraction of sp³-hybridized carbons (Fsp3) is 0.250. The Labute approximate surface area is 126 Å². The second kappa shape index (κ2) is 5.60. The topological polar surface area (TPSA) is 111 Å². The number of aromatic amines is 1. The van der Waals surface area contributed by atoms with Gasteiger partial charge in [-0.05, 0) is 29.8 Å². The highest BCUT2D eigenvalue weighted by Crippen LogP contribution is 2.24. The van der Waals surface area contributed by atoms with Crippen molar-refractivity contribution >= 4 is 21.6 Å². The van der Waals surface area contributed by atoms with Gasteiger partial charge in [-0.15, -0.1) is 0 Å². The second-order valence-corrected chi connectivity index (χ2v) is 5.34. The third-order valence-electron chi connectivity index (χ3n) is 3.05. The first kappa shape index (κ1) is 15.1. The number of hydrogen-bond donors (Lipinski definition) is 1. The summed E-state index contributed by atoms with van der Waals surface area (Å²) < 4.78 is 1.42. The van der Waals surface area contributed by atoms with E-state index in [2.05, 4.69) is 25.9 Å². The Balaban J connectivity index is 2.53. The molecular weight excluding hydrogens is 344 g/mol. The first-order valence-electron chi connectivity index (χ1n) is 5.90. The third-order valence-corrected chi connectivity index (χ3v) is 3.61. The lowest BCUT2D eigenvalue weighted by molar-refractivity contribution is -0.386. The molecule has 0 aliphatic heterocycles. The molecule has 9 heteroatoms. The summed E-state index contributed by atoms with van der Waals surface area (Å²) in [7, 11) is 0. The van der Waals surface area contributed by atoms with Gasteiger partial charge < -0.3 is 0 Å². The summed E-state index contributed by atoms with van der Waals surface area (Å²) in [5.74, 6) is 0. The number of rotatable bonds is 3. The van der Waals surface area contributed by atoms with Crippen molar-refractivity contribution < 1.29 is 4.92 Å². The number of hydrogen-bond acceptors (Lipinski definition) is 5. The van der Waals surface area contributed by atoms with E-state index in [0.29, 0.717) is 16.8 Å². The third kappa shape index (κ3) is 2.92. The van der Waals surface area contributed by atoms with Crippen LogP contribution in [-0.4, -0.2) is 19.5 Å². The maximum atomic E-state index is 11.7. The molecular formula is C12H11BrN4O4. The zero-order chi connectivity index (χ0) is 15.7. The van der Waals surface area contributed by atoms with Gasteiger partial charge in [0.15, 0.2) is 0 Å². The second-order valence-electron chi connectivity index (χ2n) is 4.48. The van der Waals surface area contributed by atoms with Crippen molar-refractivity contribution in [1.82, 2.24) is 14.5 Å². The molecule has 0 atom stereocenters. The predicted octanol–water partition coefficient (Wildman–Crippen LogP) is 1.27. The van der Waals surface area contributed by atoms with Crippen molar-refractivity contribution in [3.8, 4) is 0 Å². The molecule has 0 aliphatic rings. The summed E-state index contributed by atoms with van der Waals surface area (Å²) in [5, 5.41) is 11.1. The Morgan fingerprint density at radius 3 is 2.71 bits per heavy atom. The van der Waals surface area contributed by atoms with Gasteiger partial charge in [-0.25, -0.2) is 4.79 Å². The van der Waals surface area contributed by atoms with E-state index in [0.717, 1.165) is 0 Å². The van der Waals surface area contributed by atoms with E-state index < -0.39 is 16.2 Å². The van der Waals surface area contributed by atoms with E-state index in [-0.39, 0.29) is 16.7 Å². The van der Waals surface area contributed by atoms with Crippen LogP contribution >= 0.6 is 15.9 Å². The maximum Gasteiger partial charge on any atom is 0.328 e. The molecule has 0 aliphatic carbocycles. The average Bonchev–Trinajstić information content (AvgIpc) is 2.38. The van der Waals surface area contributed by atoms with Crippen LogP contribution in [0.3, 0.4) is 0 Å². The van der Waals surface area contributed by atoms with Gasteiger partial charge in [-0.2, -0.15) is 0 Å². The van der Waals surface area contributed by atoms with Gasteiger partial charge in [0, 0.05) is 18.0 Å². The Bertz CT molecular complexity index is 840. The van der Waals surface area contributed by atoms with Gasteiger partial charge in [0.1, 0.15) is 0 Å². The molecule has 21 heavy (non-hydrogen) atoms. The molecule has 0 amide bonds. The standard InChI is InChI=1S/C12H11BrN4O4/c1-6-3-14-9(7(2)10(6)17(20)21)5-16-4-8(13)11(18)15-12(16)19/h3-4H,5H2,1-2H3,(H,15,18,19). The number of H-pyrrole nitrogens is 1. The molecule has 0 unspecified atom stereocenters. The van der Waals surface area contributed by atoms with Crippen LogP contribution < -0.4 is 11.2 Å². The first-order chi connectivity index (χ1) is 9.81. The molecule has 2 aromatic heterocycles. The van der Waals surface area contributed by atoms with Gasteiger partial charge in [-0.1, -0.05) is 0 Å². The van der Waals surface area contributed by atoms with Crippen molar-refractivity contribution in [2.45, 2.75) is 20.4 Å². The van der Waals surface area contributed by atoms with Crippen molar-refractivity contribution in [2.75, 3.05) is 0 Å². The SMILES string of the molecule is Cc1cnc(Cn2cc(Br)c(=O)[nH]c2=O)c(C)c1[N+](=O)[O-]. The summed E-state index contributed by atoms with van der Waals surface area (Å²) >= 11 is 3.03. The van der Waals surface area contributed by atoms with Crippen LogP contribution in [-0.2, 0) is 6.54 Å². The Morgan fingerprint density at radius 2 is 2.10 bits per heavy atom. The molecule has 0 bridgehead atoms. The van der Waals surface area contributed by atoms with E-state index in [9.17, 15) is 19.7 Å². The summed E-state index contributed by atoms with van der Waals surface area (Å²) in [4.78, 5) is 39.9. The van der Waals surface area contributed by atoms with Crippen LogP contribution in [0.2, 0.25) is 0 Å². The zero-order valence-electron chi connectivity index (χ0n) is 11.2. The normalized spacial score (nSPS) is 10.6. The Morgan fingerprint density at radius 1 is 1.43 bits per heavy atom. The van der Waals surface area contributed by atoms with E-state index >= 15 is 0 Å². The quantitative estimate of drug-likeness (QED) is 0.658. The van der Waals surface area contributed by atoms with Crippen LogP contribution in [0.5, 0.6) is 0 Å². The van der Waals surface area contributed by atoms with Crippen LogP contribution in [0.1, 0.15) is 16.8 Å². The molecule has 0 saturated heterocycles. The predicted molar refractivity (Wildman–Crippen MR) is 78.5 cm³/mol. The minimum absolute atomic E-state index is 0.0171. The van der Waals surface area contributed by atoms with Crippen molar-refractivity contribution in [1.29, 1.82) is 0 Å². The number of nitro groups is 1. The number of nitrogens with one attached hydrogen (secondary N) is 1. The zero-order valence-corrected chi connectivity index (χ0v) is 12.8. The average molecular weight is 355 g/mol. The number of aryl methyl sites for hydroxylation is 1. The smallest absolute Gasteiger partial charge is 0.293 e. The highest BCUT2D eigenvalue weighted by atomic mass is 79.9. The fourth-order valence-corrected chi connectivity index (χ4v) is 2.31. The Kier molecular flexibility index (Phi) is 4.03. The summed E-state index contributed by atoms with van der Waals surface area (Å²) in [6.07, 6.45) is 2.72. The maximum absolute atomic E-state index is 11.7. The molecule has 2 heterocycles. The van der Waals surface area contributed by atoms with E-state index in [1.54, 1.807) is 13.8 Å². The Hall–Kier alpha value is -2.29. The van der Waals surface area contributed by atoms with Gasteiger partial charge in [0.05, 0.1) is 27.2 Å². The van der Waals surface area contributed by atoms with E-state index in [1.807, 2.05) is 0 Å². The van der Waals surface area contributed by atoms with Crippen LogP contribution in [0.25, 0.3) is 0 Å².